The maximum atomic E-state index is 3.60. The Bertz CT molecular complexity index is 5390. The summed E-state index contributed by atoms with van der Waals surface area (Å²) >= 11 is 3.60. The minimum Gasteiger partial charge on any atom is -0.356 e. The molecule has 0 spiro atoms. The Kier molecular flexibility index (Phi) is 23.1. The monoisotopic (exact) mass is 1440 g/mol. The molecule has 0 amide bonds. The molecule has 16 aromatic carbocycles. The van der Waals surface area contributed by atoms with E-state index in [1.807, 2.05) is 60.7 Å². The van der Waals surface area contributed by atoms with Crippen LogP contribution in [0, 0.1) is 0 Å². The second-order valence-corrected chi connectivity index (χ2v) is 28.1. The first-order valence-corrected chi connectivity index (χ1v) is 37.6. The standard InChI is InChI=1S/C51H42N2.C39H32BrN.C12H11N/c1-38(2)40-25-27-41(28-26-40)51(42-29-32-49(33-30-42)52(45-15-7-3-8-16-45)46-17-9-4-10-18-46)36-39-23-24-44-37-50(34-31-43(44)35-39)53(47-19-11-5-12-20-47)48-21-13-6-14-22-48;1-28(2)30-15-17-31(18-16-30)39(26-29-13-14-34-27-35(40)22-19-33(34)25-29)32-20-23-38(24-21-32)41(36-9-5-3-6-10-36)37-11-7-4-8-12-37;1-3-7-11(8-4-1)13-12-9-5-2-6-10-12/h3-38H,1-2H3;3-28H,1-2H3;1-10,13H/b51-36+;39-26+;. The average Bonchev–Trinajstić information content (AvgIpc) is 0.798. The molecule has 0 atom stereocenters. The Morgan fingerprint density at radius 1 is 0.243 bits per heavy atom. The Morgan fingerprint density at radius 3 is 0.804 bits per heavy atom. The summed E-state index contributed by atoms with van der Waals surface area (Å²) in [5.74, 6) is 0.973. The quantitative estimate of drug-likeness (QED) is 0.0815. The van der Waals surface area contributed by atoms with Crippen LogP contribution in [0.5, 0.6) is 0 Å². The van der Waals surface area contributed by atoms with Crippen molar-refractivity contribution in [3.05, 3.63) is 461 Å². The summed E-state index contributed by atoms with van der Waals surface area (Å²) < 4.78 is 1.10. The van der Waals surface area contributed by atoms with Gasteiger partial charge in [-0.15, -0.1) is 0 Å². The Hall–Kier alpha value is -12.8. The lowest BCUT2D eigenvalue weighted by atomic mass is 9.92. The predicted octanol–water partition coefficient (Wildman–Crippen LogP) is 29.7. The van der Waals surface area contributed by atoms with Crippen LogP contribution in [0.2, 0.25) is 0 Å². The molecule has 0 aliphatic heterocycles. The van der Waals surface area contributed by atoms with Crippen molar-refractivity contribution >= 4 is 123 Å². The molecule has 0 saturated carbocycles. The van der Waals surface area contributed by atoms with Gasteiger partial charge in [-0.25, -0.2) is 0 Å². The number of benzene rings is 16. The summed E-state index contributed by atoms with van der Waals surface area (Å²) in [6.07, 6.45) is 4.65. The van der Waals surface area contributed by atoms with E-state index < -0.39 is 0 Å². The third-order valence-electron chi connectivity index (χ3n) is 19.1. The summed E-state index contributed by atoms with van der Waals surface area (Å²) in [5, 5.41) is 8.16. The Labute approximate surface area is 640 Å². The topological polar surface area (TPSA) is 21.8 Å². The number of para-hydroxylation sites is 8. The highest BCUT2D eigenvalue weighted by atomic mass is 79.9. The molecule has 16 aromatic rings. The largest absolute Gasteiger partial charge is 0.356 e. The van der Waals surface area contributed by atoms with Gasteiger partial charge < -0.3 is 20.0 Å². The van der Waals surface area contributed by atoms with E-state index in [0.29, 0.717) is 11.8 Å². The smallest absolute Gasteiger partial charge is 0.0468 e. The van der Waals surface area contributed by atoms with Crippen LogP contribution in [0.3, 0.4) is 0 Å². The normalized spacial score (nSPS) is 11.3. The van der Waals surface area contributed by atoms with Crippen molar-refractivity contribution in [2.24, 2.45) is 0 Å². The Morgan fingerprint density at radius 2 is 0.486 bits per heavy atom. The fraction of sp³-hybridized carbons (Fsp3) is 0.0588. The molecule has 0 aliphatic carbocycles. The Balaban J connectivity index is 0.000000157. The number of rotatable bonds is 19. The van der Waals surface area contributed by atoms with Crippen LogP contribution >= 0.6 is 15.9 Å². The number of anilines is 11. The highest BCUT2D eigenvalue weighted by Gasteiger charge is 2.18. The molecule has 0 fully saturated rings. The molecule has 1 N–H and O–H groups in total. The van der Waals surface area contributed by atoms with Gasteiger partial charge in [0.15, 0.2) is 0 Å². The van der Waals surface area contributed by atoms with Gasteiger partial charge in [-0.2, -0.15) is 0 Å². The number of nitrogens with zero attached hydrogens (tertiary/aromatic N) is 3. The van der Waals surface area contributed by atoms with Gasteiger partial charge in [0.1, 0.15) is 0 Å². The summed E-state index contributed by atoms with van der Waals surface area (Å²) in [4.78, 5) is 6.91. The van der Waals surface area contributed by atoms with E-state index in [4.69, 9.17) is 0 Å². The van der Waals surface area contributed by atoms with E-state index in [-0.39, 0.29) is 0 Å². The van der Waals surface area contributed by atoms with Gasteiger partial charge in [0.25, 0.3) is 0 Å². The number of fused-ring (bicyclic) bond motifs is 2. The lowest BCUT2D eigenvalue weighted by Gasteiger charge is -2.25. The van der Waals surface area contributed by atoms with Crippen molar-refractivity contribution in [1.82, 2.24) is 0 Å². The van der Waals surface area contributed by atoms with Crippen LogP contribution < -0.4 is 20.0 Å². The molecule has 0 aromatic heterocycles. The molecule has 520 valence electrons. The van der Waals surface area contributed by atoms with Crippen LogP contribution in [-0.2, 0) is 0 Å². The minimum atomic E-state index is 0.475. The van der Waals surface area contributed by atoms with E-state index >= 15 is 0 Å². The van der Waals surface area contributed by atoms with E-state index in [1.54, 1.807) is 0 Å². The van der Waals surface area contributed by atoms with Crippen LogP contribution in [0.4, 0.5) is 62.6 Å². The minimum absolute atomic E-state index is 0.475. The zero-order valence-corrected chi connectivity index (χ0v) is 62.4. The van der Waals surface area contributed by atoms with Crippen molar-refractivity contribution in [2.45, 2.75) is 39.5 Å². The SMILES string of the molecule is CC(C)c1ccc(/C(=C\c2ccc3cc(Br)ccc3c2)c2ccc(N(c3ccccc3)c3ccccc3)cc2)cc1.CC(C)c1ccc(/C(=C\c2ccc3cc(N(c4ccccc4)c4ccccc4)ccc3c2)c2ccc(N(c3ccccc3)c3ccccc3)cc2)cc1.c1ccc(Nc2ccccc2)cc1. The highest BCUT2D eigenvalue weighted by Crippen LogP contribution is 2.41. The second-order valence-electron chi connectivity index (χ2n) is 27.2. The van der Waals surface area contributed by atoms with Crippen LogP contribution in [0.1, 0.15) is 84.0 Å². The number of nitrogens with one attached hydrogen (secondary N) is 1. The molecular formula is C102H85BrN4. The van der Waals surface area contributed by atoms with Crippen LogP contribution in [0.25, 0.3) is 44.8 Å². The van der Waals surface area contributed by atoms with Gasteiger partial charge in [-0.1, -0.05) is 298 Å². The molecule has 0 radical (unpaired) electrons. The molecule has 0 unspecified atom stereocenters. The van der Waals surface area contributed by atoms with Crippen molar-refractivity contribution in [3.8, 4) is 0 Å². The third-order valence-corrected chi connectivity index (χ3v) is 19.6. The van der Waals surface area contributed by atoms with Gasteiger partial charge in [0, 0.05) is 67.0 Å². The van der Waals surface area contributed by atoms with E-state index in [9.17, 15) is 0 Å². The summed E-state index contributed by atoms with van der Waals surface area (Å²) in [6.45, 7) is 8.97. The highest BCUT2D eigenvalue weighted by molar-refractivity contribution is 9.10. The third kappa shape index (κ3) is 18.1. The first-order chi connectivity index (χ1) is 52.6. The molecule has 0 saturated heterocycles. The maximum Gasteiger partial charge on any atom is 0.0468 e. The zero-order chi connectivity index (χ0) is 73.1. The fourth-order valence-electron chi connectivity index (χ4n) is 13.5. The van der Waals surface area contributed by atoms with Crippen LogP contribution in [0.15, 0.2) is 417 Å². The van der Waals surface area contributed by atoms with Gasteiger partial charge in [-0.05, 0) is 259 Å². The van der Waals surface area contributed by atoms with Crippen LogP contribution in [-0.4, -0.2) is 0 Å². The van der Waals surface area contributed by atoms with Crippen molar-refractivity contribution in [3.63, 3.8) is 0 Å². The van der Waals surface area contributed by atoms with Crippen molar-refractivity contribution in [2.75, 3.05) is 20.0 Å². The van der Waals surface area contributed by atoms with Crippen molar-refractivity contribution in [1.29, 1.82) is 0 Å². The zero-order valence-electron chi connectivity index (χ0n) is 60.8. The first kappa shape index (κ1) is 71.2. The van der Waals surface area contributed by atoms with E-state index in [0.717, 1.165) is 72.6 Å². The molecule has 107 heavy (non-hydrogen) atoms. The average molecular weight is 1450 g/mol. The molecule has 0 bridgehead atoms. The first-order valence-electron chi connectivity index (χ1n) is 36.8. The molecule has 0 heterocycles. The van der Waals surface area contributed by atoms with Gasteiger partial charge in [0.2, 0.25) is 0 Å². The molecule has 5 heteroatoms. The summed E-state index contributed by atoms with van der Waals surface area (Å²) in [5.41, 5.74) is 24.6. The van der Waals surface area contributed by atoms with Gasteiger partial charge in [0.05, 0.1) is 0 Å². The molecule has 16 rings (SSSR count). The molecular weight excluding hydrogens is 1360 g/mol. The molecule has 4 nitrogen and oxygen atoms in total. The fourth-order valence-corrected chi connectivity index (χ4v) is 13.9. The maximum absolute atomic E-state index is 3.60. The lowest BCUT2D eigenvalue weighted by molar-refractivity contribution is 0.866. The number of hydrogen-bond acceptors (Lipinski definition) is 4. The second kappa shape index (κ2) is 34.7. The van der Waals surface area contributed by atoms with E-state index in [2.05, 4.69) is 428 Å². The number of hydrogen-bond donors (Lipinski definition) is 1. The van der Waals surface area contributed by atoms with Gasteiger partial charge >= 0.3 is 0 Å². The summed E-state index contributed by atoms with van der Waals surface area (Å²) in [6, 6.07) is 146. The van der Waals surface area contributed by atoms with Gasteiger partial charge in [-0.3, -0.25) is 0 Å². The predicted molar refractivity (Wildman–Crippen MR) is 464 cm³/mol. The lowest BCUT2D eigenvalue weighted by Crippen LogP contribution is -2.09. The molecule has 0 aliphatic rings. The summed E-state index contributed by atoms with van der Waals surface area (Å²) in [7, 11) is 0. The van der Waals surface area contributed by atoms with E-state index in [1.165, 1.54) is 71.6 Å². The van der Waals surface area contributed by atoms with Crippen molar-refractivity contribution < 1.29 is 0 Å². The number of halogens is 1.